The monoisotopic (exact) mass is 483 g/mol. The first-order valence-corrected chi connectivity index (χ1v) is 10.9. The number of nitrogens with one attached hydrogen (secondary N) is 2. The van der Waals surface area contributed by atoms with Gasteiger partial charge in [0.25, 0.3) is 5.91 Å². The number of aromatic amines is 1. The first-order chi connectivity index (χ1) is 15.6. The molecule has 0 saturated heterocycles. The van der Waals surface area contributed by atoms with Crippen LogP contribution in [0.5, 0.6) is 5.75 Å². The Morgan fingerprint density at radius 1 is 1.24 bits per heavy atom. The van der Waals surface area contributed by atoms with Crippen molar-refractivity contribution >= 4 is 46.3 Å². The highest BCUT2D eigenvalue weighted by atomic mass is 35.5. The topological polar surface area (TPSA) is 107 Å². The van der Waals surface area contributed by atoms with Gasteiger partial charge in [0, 0.05) is 34.2 Å². The number of aliphatic hydroxyl groups is 1. The second-order valence-electron chi connectivity index (χ2n) is 7.47. The van der Waals surface area contributed by atoms with E-state index in [9.17, 15) is 9.90 Å². The molecule has 1 aliphatic rings. The van der Waals surface area contributed by atoms with E-state index in [4.69, 9.17) is 10.1 Å². The summed E-state index contributed by atoms with van der Waals surface area (Å²) in [6, 6.07) is 14.3. The fraction of sp³-hybridized carbons (Fsp3) is 0.174. The van der Waals surface area contributed by atoms with Gasteiger partial charge in [0.05, 0.1) is 7.11 Å². The summed E-state index contributed by atoms with van der Waals surface area (Å²) in [5, 5.41) is 27.9. The van der Waals surface area contributed by atoms with E-state index in [1.807, 2.05) is 36.4 Å². The van der Waals surface area contributed by atoms with Gasteiger partial charge in [-0.15, -0.1) is 23.7 Å². The average molecular weight is 484 g/mol. The van der Waals surface area contributed by atoms with Gasteiger partial charge in [0.1, 0.15) is 30.2 Å². The number of nitrogens with zero attached hydrogens (tertiary/aromatic N) is 3. The van der Waals surface area contributed by atoms with Crippen LogP contribution in [0.2, 0.25) is 0 Å². The highest BCUT2D eigenvalue weighted by molar-refractivity contribution is 7.06. The second-order valence-corrected chi connectivity index (χ2v) is 8.36. The van der Waals surface area contributed by atoms with E-state index in [0.717, 1.165) is 22.0 Å². The molecular formula is C23H22ClN5O3S. The van der Waals surface area contributed by atoms with E-state index in [1.54, 1.807) is 41.6 Å². The van der Waals surface area contributed by atoms with Crippen LogP contribution >= 0.6 is 23.7 Å². The summed E-state index contributed by atoms with van der Waals surface area (Å²) >= 11 is 1.25. The van der Waals surface area contributed by atoms with Crippen LogP contribution in [0.4, 0.5) is 0 Å². The number of carbonyl (C=O) groups excluding carboxylic acids is 1. The van der Waals surface area contributed by atoms with E-state index in [0.29, 0.717) is 11.5 Å². The molecule has 2 aromatic carbocycles. The Bertz CT molecular complexity index is 1370. The minimum Gasteiger partial charge on any atom is -0.497 e. The Labute approximate surface area is 199 Å². The molecule has 0 spiro atoms. The Morgan fingerprint density at radius 3 is 2.70 bits per heavy atom. The number of hydrogen-bond donors (Lipinski definition) is 3. The number of aromatic nitrogens is 2. The summed E-state index contributed by atoms with van der Waals surface area (Å²) in [4.78, 5) is 16.8. The lowest BCUT2D eigenvalue weighted by Gasteiger charge is -2.24. The summed E-state index contributed by atoms with van der Waals surface area (Å²) < 4.78 is 6.80. The summed E-state index contributed by atoms with van der Waals surface area (Å²) in [6.07, 6.45) is 2.49. The van der Waals surface area contributed by atoms with Crippen LogP contribution in [0, 0.1) is 5.41 Å². The third-order valence-corrected chi connectivity index (χ3v) is 6.34. The van der Waals surface area contributed by atoms with Gasteiger partial charge in [-0.2, -0.15) is 5.10 Å². The van der Waals surface area contributed by atoms with Crippen LogP contribution in [0.25, 0.3) is 10.9 Å². The quantitative estimate of drug-likeness (QED) is 0.405. The van der Waals surface area contributed by atoms with Crippen molar-refractivity contribution in [2.45, 2.75) is 18.7 Å². The fourth-order valence-electron chi connectivity index (χ4n) is 4.00. The molecule has 0 radical (unpaired) electrons. The number of thiazole rings is 1. The third kappa shape index (κ3) is 4.06. The van der Waals surface area contributed by atoms with Gasteiger partial charge >= 0.3 is 0 Å². The van der Waals surface area contributed by atoms with Crippen molar-refractivity contribution in [1.29, 1.82) is 5.41 Å². The maximum Gasteiger partial charge on any atom is 0.263 e. The number of ether oxygens (including phenoxy) is 1. The number of para-hydroxylation sites is 1. The van der Waals surface area contributed by atoms with E-state index >= 15 is 0 Å². The van der Waals surface area contributed by atoms with Gasteiger partial charge in [-0.05, 0) is 23.8 Å². The first kappa shape index (κ1) is 22.8. The largest absolute Gasteiger partial charge is 0.497 e. The minimum absolute atomic E-state index is 0. The van der Waals surface area contributed by atoms with Gasteiger partial charge in [0.2, 0.25) is 0 Å². The Morgan fingerprint density at radius 2 is 2.00 bits per heavy atom. The Balaban J connectivity index is 0.00000259. The van der Waals surface area contributed by atoms with Crippen LogP contribution in [0.3, 0.4) is 0 Å². The molecule has 170 valence electrons. The fourth-order valence-corrected chi connectivity index (χ4v) is 4.60. The van der Waals surface area contributed by atoms with Crippen LogP contribution < -0.4 is 9.54 Å². The van der Waals surface area contributed by atoms with Crippen LogP contribution in [-0.4, -0.2) is 44.5 Å². The van der Waals surface area contributed by atoms with E-state index < -0.39 is 12.1 Å². The Kier molecular flexibility index (Phi) is 6.37. The van der Waals surface area contributed by atoms with Crippen molar-refractivity contribution in [3.05, 3.63) is 82.2 Å². The SMILES string of the molecule is COc1ccc(C2C(O)C(c3c[nH]c4ccccc34)=NN2C(=O)Cn2ccsc2=N)cc1.Cl. The molecule has 0 bridgehead atoms. The second kappa shape index (κ2) is 9.22. The van der Waals surface area contributed by atoms with Gasteiger partial charge in [-0.3, -0.25) is 10.2 Å². The smallest absolute Gasteiger partial charge is 0.263 e. The van der Waals surface area contributed by atoms with Crippen LogP contribution in [0.1, 0.15) is 17.2 Å². The molecule has 2 unspecified atom stereocenters. The zero-order valence-corrected chi connectivity index (χ0v) is 19.3. The molecule has 3 heterocycles. The normalized spacial score (nSPS) is 17.6. The van der Waals surface area contributed by atoms with Gasteiger partial charge in [0.15, 0.2) is 4.80 Å². The molecule has 33 heavy (non-hydrogen) atoms. The highest BCUT2D eigenvalue weighted by Gasteiger charge is 2.41. The van der Waals surface area contributed by atoms with E-state index in [-0.39, 0.29) is 29.7 Å². The molecule has 0 fully saturated rings. The van der Waals surface area contributed by atoms with Gasteiger partial charge in [-0.25, -0.2) is 5.01 Å². The highest BCUT2D eigenvalue weighted by Crippen LogP contribution is 2.35. The first-order valence-electron chi connectivity index (χ1n) is 10.0. The zero-order chi connectivity index (χ0) is 22.2. The molecule has 3 N–H and O–H groups in total. The van der Waals surface area contributed by atoms with Gasteiger partial charge < -0.3 is 19.4 Å². The molecule has 4 aromatic rings. The van der Waals surface area contributed by atoms with Crippen molar-refractivity contribution < 1.29 is 14.6 Å². The number of amides is 1. The predicted octanol–water partition coefficient (Wildman–Crippen LogP) is 3.29. The van der Waals surface area contributed by atoms with Crippen molar-refractivity contribution in [3.63, 3.8) is 0 Å². The number of hydrazone groups is 1. The standard InChI is InChI=1S/C23H21N5O3S.ClH/c1-31-15-8-6-14(7-9-15)21-22(30)20(17-12-25-18-5-3-2-4-16(17)18)26-28(21)19(29)13-27-10-11-32-23(27)24;/h2-12,21-22,24-25,30H,13H2,1H3;1H. The molecule has 0 aliphatic carbocycles. The number of fused-ring (bicyclic) bond motifs is 1. The van der Waals surface area contributed by atoms with Crippen LogP contribution in [0.15, 0.2) is 71.4 Å². The van der Waals surface area contributed by atoms with Crippen molar-refractivity contribution in [2.75, 3.05) is 7.11 Å². The van der Waals surface area contributed by atoms with Gasteiger partial charge in [-0.1, -0.05) is 30.3 Å². The summed E-state index contributed by atoms with van der Waals surface area (Å²) in [6.45, 7) is -0.0353. The molecule has 0 saturated carbocycles. The number of benzene rings is 2. The lowest BCUT2D eigenvalue weighted by molar-refractivity contribution is -0.135. The number of aliphatic hydroxyl groups excluding tert-OH is 1. The van der Waals surface area contributed by atoms with Crippen molar-refractivity contribution in [1.82, 2.24) is 14.6 Å². The molecule has 5 rings (SSSR count). The summed E-state index contributed by atoms with van der Waals surface area (Å²) in [5.74, 6) is 0.376. The number of methoxy groups -OCH3 is 1. The number of hydrogen-bond acceptors (Lipinski definition) is 6. The summed E-state index contributed by atoms with van der Waals surface area (Å²) in [7, 11) is 1.59. The molecule has 1 amide bonds. The number of halogens is 1. The third-order valence-electron chi connectivity index (χ3n) is 5.62. The zero-order valence-electron chi connectivity index (χ0n) is 17.6. The van der Waals surface area contributed by atoms with Crippen LogP contribution in [-0.2, 0) is 11.3 Å². The lowest BCUT2D eigenvalue weighted by atomic mass is 9.95. The molecule has 8 nitrogen and oxygen atoms in total. The number of rotatable bonds is 5. The molecule has 1 aliphatic heterocycles. The van der Waals surface area contributed by atoms with E-state index in [1.165, 1.54) is 16.3 Å². The average Bonchev–Trinajstić information content (AvgIpc) is 3.51. The maximum atomic E-state index is 13.3. The van der Waals surface area contributed by atoms with Crippen molar-refractivity contribution in [2.24, 2.45) is 5.10 Å². The lowest BCUT2D eigenvalue weighted by Crippen LogP contribution is -2.36. The minimum atomic E-state index is -1.02. The van der Waals surface area contributed by atoms with Crippen molar-refractivity contribution in [3.8, 4) is 5.75 Å². The molecular weight excluding hydrogens is 462 g/mol. The molecule has 2 aromatic heterocycles. The Hall–Kier alpha value is -3.40. The molecule has 2 atom stereocenters. The summed E-state index contributed by atoms with van der Waals surface area (Å²) in [5.41, 5.74) is 2.85. The number of H-pyrrole nitrogens is 1. The predicted molar refractivity (Wildman–Crippen MR) is 129 cm³/mol. The number of carbonyl (C=O) groups is 1. The van der Waals surface area contributed by atoms with E-state index in [2.05, 4.69) is 10.1 Å². The molecule has 10 heteroatoms. The maximum absolute atomic E-state index is 13.3.